The monoisotopic (exact) mass is 219 g/mol. The maximum atomic E-state index is 5.82. The van der Waals surface area contributed by atoms with Gasteiger partial charge in [-0.15, -0.1) is 0 Å². The van der Waals surface area contributed by atoms with Gasteiger partial charge in [0, 0.05) is 6.04 Å². The molecule has 2 heteroatoms. The molecule has 0 saturated heterocycles. The molecule has 2 rings (SSSR count). The molecule has 0 radical (unpaired) electrons. The molecule has 2 atom stereocenters. The maximum Gasteiger partial charge on any atom is 0.120 e. The summed E-state index contributed by atoms with van der Waals surface area (Å²) >= 11 is 0. The van der Waals surface area contributed by atoms with Crippen molar-refractivity contribution < 1.29 is 4.74 Å². The van der Waals surface area contributed by atoms with Crippen molar-refractivity contribution in [3.05, 3.63) is 29.3 Å². The lowest BCUT2D eigenvalue weighted by Crippen LogP contribution is -2.33. The Morgan fingerprint density at radius 3 is 2.50 bits per heavy atom. The average molecular weight is 219 g/mol. The summed E-state index contributed by atoms with van der Waals surface area (Å²) in [5.74, 6) is 0.963. The van der Waals surface area contributed by atoms with Gasteiger partial charge >= 0.3 is 0 Å². The molecule has 1 aromatic carbocycles. The van der Waals surface area contributed by atoms with Gasteiger partial charge in [-0.2, -0.15) is 0 Å². The van der Waals surface area contributed by atoms with Gasteiger partial charge in [0.25, 0.3) is 0 Å². The third-order valence-electron chi connectivity index (χ3n) is 3.38. The van der Waals surface area contributed by atoms with Gasteiger partial charge in [0.05, 0.1) is 0 Å². The zero-order valence-electron chi connectivity index (χ0n) is 10.2. The van der Waals surface area contributed by atoms with E-state index in [-0.39, 0.29) is 12.1 Å². The van der Waals surface area contributed by atoms with Crippen LogP contribution < -0.4 is 10.5 Å². The minimum absolute atomic E-state index is 0.0658. The first kappa shape index (κ1) is 11.5. The fraction of sp³-hybridized carbons (Fsp3) is 0.571. The quantitative estimate of drug-likeness (QED) is 0.848. The Balaban J connectivity index is 2.11. The highest BCUT2D eigenvalue weighted by Gasteiger charge is 2.12. The molecule has 0 amide bonds. The average Bonchev–Trinajstić information content (AvgIpc) is 2.28. The molecule has 2 nitrogen and oxygen atoms in total. The summed E-state index contributed by atoms with van der Waals surface area (Å²) in [6, 6.07) is 6.53. The molecule has 0 spiro atoms. The van der Waals surface area contributed by atoms with Crippen molar-refractivity contribution in [1.82, 2.24) is 0 Å². The van der Waals surface area contributed by atoms with Crippen LogP contribution in [0.2, 0.25) is 0 Å². The number of rotatable bonds is 3. The van der Waals surface area contributed by atoms with Crippen molar-refractivity contribution in [2.24, 2.45) is 5.73 Å². The first-order valence-corrected chi connectivity index (χ1v) is 6.21. The van der Waals surface area contributed by atoms with Crippen molar-refractivity contribution in [3.63, 3.8) is 0 Å². The Morgan fingerprint density at radius 1 is 1.12 bits per heavy atom. The molecule has 88 valence electrons. The van der Waals surface area contributed by atoms with E-state index in [1.165, 1.54) is 36.8 Å². The predicted molar refractivity (Wildman–Crippen MR) is 66.8 cm³/mol. The Labute approximate surface area is 97.8 Å². The Bertz CT molecular complexity index is 360. The van der Waals surface area contributed by atoms with Crippen LogP contribution in [0.25, 0.3) is 0 Å². The van der Waals surface area contributed by atoms with Gasteiger partial charge in [-0.05, 0) is 62.8 Å². The summed E-state index contributed by atoms with van der Waals surface area (Å²) < 4.78 is 5.82. The Kier molecular flexibility index (Phi) is 3.49. The number of aryl methyl sites for hydroxylation is 2. The van der Waals surface area contributed by atoms with E-state index in [0.717, 1.165) is 5.75 Å². The Hall–Kier alpha value is -1.02. The summed E-state index contributed by atoms with van der Waals surface area (Å²) in [6.45, 7) is 3.99. The van der Waals surface area contributed by atoms with Crippen LogP contribution >= 0.6 is 0 Å². The summed E-state index contributed by atoms with van der Waals surface area (Å²) in [5.41, 5.74) is 8.75. The summed E-state index contributed by atoms with van der Waals surface area (Å²) in [5, 5.41) is 0. The topological polar surface area (TPSA) is 35.2 Å². The van der Waals surface area contributed by atoms with Gasteiger partial charge in [0.1, 0.15) is 11.9 Å². The summed E-state index contributed by atoms with van der Waals surface area (Å²) in [4.78, 5) is 0. The highest BCUT2D eigenvalue weighted by atomic mass is 16.5. The number of fused-ring (bicyclic) bond motifs is 1. The first-order chi connectivity index (χ1) is 7.66. The second-order valence-corrected chi connectivity index (χ2v) is 4.82. The Morgan fingerprint density at radius 2 is 1.81 bits per heavy atom. The van der Waals surface area contributed by atoms with E-state index in [2.05, 4.69) is 18.2 Å². The fourth-order valence-electron chi connectivity index (χ4n) is 2.11. The normalized spacial score (nSPS) is 18.7. The van der Waals surface area contributed by atoms with Crippen molar-refractivity contribution in [1.29, 1.82) is 0 Å². The van der Waals surface area contributed by atoms with E-state index < -0.39 is 0 Å². The summed E-state index contributed by atoms with van der Waals surface area (Å²) in [6.07, 6.45) is 5.11. The van der Waals surface area contributed by atoms with Crippen LogP contribution in [0.5, 0.6) is 5.75 Å². The maximum absolute atomic E-state index is 5.82. The lowest BCUT2D eigenvalue weighted by molar-refractivity contribution is 0.196. The number of hydrogen-bond donors (Lipinski definition) is 1. The third kappa shape index (κ3) is 2.56. The van der Waals surface area contributed by atoms with Crippen LogP contribution in [0.15, 0.2) is 18.2 Å². The van der Waals surface area contributed by atoms with Crippen LogP contribution in [-0.2, 0) is 12.8 Å². The molecule has 16 heavy (non-hydrogen) atoms. The molecule has 0 heterocycles. The fourth-order valence-corrected chi connectivity index (χ4v) is 2.11. The van der Waals surface area contributed by atoms with Crippen molar-refractivity contribution in [2.75, 3.05) is 0 Å². The SMILES string of the molecule is CC(N)C(C)Oc1ccc2c(c1)CCCC2. The molecule has 1 aromatic rings. The lowest BCUT2D eigenvalue weighted by atomic mass is 9.92. The molecule has 1 aliphatic rings. The van der Waals surface area contributed by atoms with E-state index in [9.17, 15) is 0 Å². The summed E-state index contributed by atoms with van der Waals surface area (Å²) in [7, 11) is 0. The highest BCUT2D eigenvalue weighted by molar-refractivity contribution is 5.37. The van der Waals surface area contributed by atoms with Crippen LogP contribution in [0.4, 0.5) is 0 Å². The van der Waals surface area contributed by atoms with Crippen molar-refractivity contribution in [3.8, 4) is 5.75 Å². The van der Waals surface area contributed by atoms with E-state index in [1.807, 2.05) is 13.8 Å². The second-order valence-electron chi connectivity index (χ2n) is 4.82. The minimum atomic E-state index is 0.0658. The van der Waals surface area contributed by atoms with Crippen molar-refractivity contribution >= 4 is 0 Å². The molecule has 0 fully saturated rings. The van der Waals surface area contributed by atoms with Crippen LogP contribution in [0, 0.1) is 0 Å². The van der Waals surface area contributed by atoms with E-state index in [1.54, 1.807) is 0 Å². The largest absolute Gasteiger partial charge is 0.489 e. The molecular weight excluding hydrogens is 198 g/mol. The highest BCUT2D eigenvalue weighted by Crippen LogP contribution is 2.25. The molecular formula is C14H21NO. The van der Waals surface area contributed by atoms with Crippen LogP contribution in [-0.4, -0.2) is 12.1 Å². The smallest absolute Gasteiger partial charge is 0.120 e. The van der Waals surface area contributed by atoms with Gasteiger partial charge in [0.2, 0.25) is 0 Å². The third-order valence-corrected chi connectivity index (χ3v) is 3.38. The number of ether oxygens (including phenoxy) is 1. The van der Waals surface area contributed by atoms with Gasteiger partial charge in [0.15, 0.2) is 0 Å². The number of nitrogens with two attached hydrogens (primary N) is 1. The lowest BCUT2D eigenvalue weighted by Gasteiger charge is -2.21. The van der Waals surface area contributed by atoms with E-state index in [0.29, 0.717) is 0 Å². The van der Waals surface area contributed by atoms with Gasteiger partial charge < -0.3 is 10.5 Å². The minimum Gasteiger partial charge on any atom is -0.489 e. The van der Waals surface area contributed by atoms with Crippen molar-refractivity contribution in [2.45, 2.75) is 51.7 Å². The molecule has 2 unspecified atom stereocenters. The van der Waals surface area contributed by atoms with E-state index >= 15 is 0 Å². The zero-order valence-corrected chi connectivity index (χ0v) is 10.2. The zero-order chi connectivity index (χ0) is 11.5. The molecule has 2 N–H and O–H groups in total. The van der Waals surface area contributed by atoms with Gasteiger partial charge in [-0.1, -0.05) is 6.07 Å². The predicted octanol–water partition coefficient (Wildman–Crippen LogP) is 2.68. The molecule has 0 saturated carbocycles. The molecule has 0 aromatic heterocycles. The first-order valence-electron chi connectivity index (χ1n) is 6.21. The second kappa shape index (κ2) is 4.88. The number of hydrogen-bond acceptors (Lipinski definition) is 2. The molecule has 1 aliphatic carbocycles. The molecule has 0 bridgehead atoms. The van der Waals surface area contributed by atoms with Crippen LogP contribution in [0.3, 0.4) is 0 Å². The molecule has 0 aliphatic heterocycles. The standard InChI is InChI=1S/C14H21NO/c1-10(15)11(2)16-14-8-7-12-5-3-4-6-13(12)9-14/h7-11H,3-6,15H2,1-2H3. The number of benzene rings is 1. The van der Waals surface area contributed by atoms with Crippen LogP contribution in [0.1, 0.15) is 37.8 Å². The van der Waals surface area contributed by atoms with Gasteiger partial charge in [-0.25, -0.2) is 0 Å². The van der Waals surface area contributed by atoms with E-state index in [4.69, 9.17) is 10.5 Å². The van der Waals surface area contributed by atoms with Gasteiger partial charge in [-0.3, -0.25) is 0 Å².